The second kappa shape index (κ2) is 6.11. The summed E-state index contributed by atoms with van der Waals surface area (Å²) in [5, 5.41) is 17.8. The third-order valence-corrected chi connectivity index (χ3v) is 2.60. The van der Waals surface area contributed by atoms with Gasteiger partial charge in [0.25, 0.3) is 5.69 Å². The molecule has 0 unspecified atom stereocenters. The molecule has 0 aliphatic carbocycles. The maximum Gasteiger partial charge on any atom is 0.293 e. The van der Waals surface area contributed by atoms with Gasteiger partial charge in [0.05, 0.1) is 11.5 Å². The summed E-state index contributed by atoms with van der Waals surface area (Å²) in [4.78, 5) is 14.7. The zero-order chi connectivity index (χ0) is 14.5. The molecular formula is C12H14N4O4. The van der Waals surface area contributed by atoms with Crippen molar-refractivity contribution in [2.75, 3.05) is 25.6 Å². The van der Waals surface area contributed by atoms with Crippen molar-refractivity contribution in [1.29, 1.82) is 0 Å². The molecule has 0 aliphatic rings. The number of rotatable bonds is 6. The van der Waals surface area contributed by atoms with Crippen molar-refractivity contribution < 1.29 is 14.2 Å². The van der Waals surface area contributed by atoms with E-state index in [1.165, 1.54) is 6.07 Å². The summed E-state index contributed by atoms with van der Waals surface area (Å²) in [6.45, 7) is 2.60. The molecule has 0 aliphatic heterocycles. The highest BCUT2D eigenvalue weighted by Gasteiger charge is 2.17. The average molecular weight is 278 g/mol. The minimum absolute atomic E-state index is 0.0407. The first-order chi connectivity index (χ1) is 9.61. The van der Waals surface area contributed by atoms with Crippen molar-refractivity contribution in [1.82, 2.24) is 10.1 Å². The highest BCUT2D eigenvalue weighted by molar-refractivity contribution is 5.70. The first kappa shape index (κ1) is 13.9. The second-order valence-corrected chi connectivity index (χ2v) is 4.05. The number of nitro benzene ring substituents is 1. The maximum atomic E-state index is 11.1. The summed E-state index contributed by atoms with van der Waals surface area (Å²) in [5.74, 6) is 0.735. The molecule has 8 heteroatoms. The molecule has 0 radical (unpaired) electrons. The van der Waals surface area contributed by atoms with Gasteiger partial charge in [0.2, 0.25) is 11.7 Å². The van der Waals surface area contributed by atoms with Crippen LogP contribution in [0, 0.1) is 17.0 Å². The number of methoxy groups -OCH3 is 1. The zero-order valence-electron chi connectivity index (χ0n) is 11.1. The molecule has 106 valence electrons. The molecule has 1 aromatic heterocycles. The average Bonchev–Trinajstić information content (AvgIpc) is 2.86. The Bertz CT molecular complexity index is 611. The summed E-state index contributed by atoms with van der Waals surface area (Å²) >= 11 is 0. The number of nitrogens with zero attached hydrogens (tertiary/aromatic N) is 3. The smallest absolute Gasteiger partial charge is 0.293 e. The Labute approximate surface area is 114 Å². The first-order valence-corrected chi connectivity index (χ1v) is 5.93. The van der Waals surface area contributed by atoms with Crippen LogP contribution in [0.25, 0.3) is 11.4 Å². The molecule has 20 heavy (non-hydrogen) atoms. The lowest BCUT2D eigenvalue weighted by molar-refractivity contribution is -0.383. The van der Waals surface area contributed by atoms with Crippen molar-refractivity contribution in [2.45, 2.75) is 6.92 Å². The summed E-state index contributed by atoms with van der Waals surface area (Å²) in [6, 6.07) is 4.74. The van der Waals surface area contributed by atoms with Gasteiger partial charge in [-0.25, -0.2) is 0 Å². The van der Waals surface area contributed by atoms with Gasteiger partial charge in [-0.3, -0.25) is 10.1 Å². The maximum absolute atomic E-state index is 11.1. The molecule has 1 N–H and O–H groups in total. The Hall–Kier alpha value is -2.48. The van der Waals surface area contributed by atoms with Crippen LogP contribution in [0.1, 0.15) is 5.89 Å². The van der Waals surface area contributed by atoms with E-state index < -0.39 is 4.92 Å². The summed E-state index contributed by atoms with van der Waals surface area (Å²) < 4.78 is 9.76. The number of anilines is 1. The van der Waals surface area contributed by atoms with Crippen LogP contribution in [-0.4, -0.2) is 35.3 Å². The fourth-order valence-electron chi connectivity index (χ4n) is 1.68. The van der Waals surface area contributed by atoms with Crippen molar-refractivity contribution in [2.24, 2.45) is 0 Å². The lowest BCUT2D eigenvalue weighted by Gasteiger charge is -2.07. The molecular weight excluding hydrogens is 264 g/mol. The molecule has 2 rings (SSSR count). The van der Waals surface area contributed by atoms with E-state index in [4.69, 9.17) is 9.26 Å². The fourth-order valence-corrected chi connectivity index (χ4v) is 1.68. The molecule has 1 heterocycles. The van der Waals surface area contributed by atoms with Crippen LogP contribution in [0.4, 0.5) is 11.4 Å². The Morgan fingerprint density at radius 2 is 2.30 bits per heavy atom. The van der Waals surface area contributed by atoms with Crippen molar-refractivity contribution in [3.05, 3.63) is 34.2 Å². The number of nitrogens with one attached hydrogen (secondary N) is 1. The monoisotopic (exact) mass is 278 g/mol. The molecule has 0 atom stereocenters. The van der Waals surface area contributed by atoms with Gasteiger partial charge in [-0.1, -0.05) is 5.16 Å². The summed E-state index contributed by atoms with van der Waals surface area (Å²) in [5.41, 5.74) is 0.919. The molecule has 0 saturated carbocycles. The van der Waals surface area contributed by atoms with Crippen molar-refractivity contribution in [3.63, 3.8) is 0 Å². The molecule has 1 aromatic carbocycles. The van der Waals surface area contributed by atoms with Gasteiger partial charge in [-0.05, 0) is 12.1 Å². The Balaban J connectivity index is 2.30. The number of hydrogen-bond acceptors (Lipinski definition) is 7. The molecule has 2 aromatic rings. The van der Waals surface area contributed by atoms with Crippen LogP contribution in [0.15, 0.2) is 22.7 Å². The molecule has 0 fully saturated rings. The SMILES string of the molecule is COCCNc1ccc(-c2noc(C)n2)cc1[N+](=O)[O-]. The van der Waals surface area contributed by atoms with E-state index in [1.807, 2.05) is 0 Å². The third kappa shape index (κ3) is 3.09. The lowest BCUT2D eigenvalue weighted by Crippen LogP contribution is -2.09. The van der Waals surface area contributed by atoms with Crippen molar-refractivity contribution >= 4 is 11.4 Å². The van der Waals surface area contributed by atoms with Crippen LogP contribution >= 0.6 is 0 Å². The van der Waals surface area contributed by atoms with Crippen LogP contribution < -0.4 is 5.32 Å². The summed E-state index contributed by atoms with van der Waals surface area (Å²) in [6.07, 6.45) is 0. The van der Waals surface area contributed by atoms with E-state index in [0.717, 1.165) is 0 Å². The number of aromatic nitrogens is 2. The third-order valence-electron chi connectivity index (χ3n) is 2.60. The predicted octanol–water partition coefficient (Wildman–Crippen LogP) is 2.01. The van der Waals surface area contributed by atoms with Gasteiger partial charge in [0.15, 0.2) is 0 Å². The normalized spacial score (nSPS) is 10.5. The molecule has 0 amide bonds. The Morgan fingerprint density at radius 3 is 2.90 bits per heavy atom. The molecule has 8 nitrogen and oxygen atoms in total. The van der Waals surface area contributed by atoms with E-state index in [0.29, 0.717) is 36.1 Å². The minimum atomic E-state index is -0.453. The quantitative estimate of drug-likeness (QED) is 0.489. The Kier molecular flexibility index (Phi) is 4.26. The highest BCUT2D eigenvalue weighted by atomic mass is 16.6. The molecule has 0 saturated heterocycles. The minimum Gasteiger partial charge on any atom is -0.383 e. The molecule has 0 bridgehead atoms. The van der Waals surface area contributed by atoms with Crippen LogP contribution in [0.5, 0.6) is 0 Å². The van der Waals surface area contributed by atoms with Crippen LogP contribution in [0.3, 0.4) is 0 Å². The fraction of sp³-hybridized carbons (Fsp3) is 0.333. The van der Waals surface area contributed by atoms with Crippen LogP contribution in [-0.2, 0) is 4.74 Å². The van der Waals surface area contributed by atoms with E-state index in [9.17, 15) is 10.1 Å². The van der Waals surface area contributed by atoms with Crippen LogP contribution in [0.2, 0.25) is 0 Å². The van der Waals surface area contributed by atoms with Gasteiger partial charge in [-0.2, -0.15) is 4.98 Å². The molecule has 0 spiro atoms. The van der Waals surface area contributed by atoms with Crippen molar-refractivity contribution in [3.8, 4) is 11.4 Å². The Morgan fingerprint density at radius 1 is 1.50 bits per heavy atom. The van der Waals surface area contributed by atoms with Gasteiger partial charge in [-0.15, -0.1) is 0 Å². The number of nitro groups is 1. The predicted molar refractivity (Wildman–Crippen MR) is 71.5 cm³/mol. The largest absolute Gasteiger partial charge is 0.383 e. The number of benzene rings is 1. The zero-order valence-corrected chi connectivity index (χ0v) is 11.1. The van der Waals surface area contributed by atoms with E-state index in [-0.39, 0.29) is 5.69 Å². The van der Waals surface area contributed by atoms with E-state index >= 15 is 0 Å². The van der Waals surface area contributed by atoms with E-state index in [2.05, 4.69) is 15.5 Å². The van der Waals surface area contributed by atoms with Gasteiger partial charge in [0.1, 0.15) is 5.69 Å². The number of hydrogen-bond donors (Lipinski definition) is 1. The topological polar surface area (TPSA) is 103 Å². The number of aryl methyl sites for hydroxylation is 1. The van der Waals surface area contributed by atoms with Gasteiger partial charge in [0, 0.05) is 32.2 Å². The van der Waals surface area contributed by atoms with Gasteiger partial charge < -0.3 is 14.6 Å². The highest BCUT2D eigenvalue weighted by Crippen LogP contribution is 2.29. The number of ether oxygens (including phenoxy) is 1. The lowest BCUT2D eigenvalue weighted by atomic mass is 10.1. The first-order valence-electron chi connectivity index (χ1n) is 5.93. The standard InChI is InChI=1S/C12H14N4O4/c1-8-14-12(15-20-8)9-3-4-10(13-5-6-19-2)11(7-9)16(17)18/h3-4,7,13H,5-6H2,1-2H3. The van der Waals surface area contributed by atoms with Gasteiger partial charge >= 0.3 is 0 Å². The van der Waals surface area contributed by atoms with E-state index in [1.54, 1.807) is 26.2 Å². The second-order valence-electron chi connectivity index (χ2n) is 4.05. The summed E-state index contributed by atoms with van der Waals surface area (Å²) in [7, 11) is 1.57.